The molecular formula is C29H32FN4O2PS. The van der Waals surface area contributed by atoms with Gasteiger partial charge in [0.1, 0.15) is 19.1 Å². The molecule has 0 saturated carbocycles. The van der Waals surface area contributed by atoms with Gasteiger partial charge in [0.15, 0.2) is 5.70 Å². The first-order chi connectivity index (χ1) is 18.1. The zero-order valence-corrected chi connectivity index (χ0v) is 23.8. The third-order valence-electron chi connectivity index (χ3n) is 6.60. The molecule has 0 amide bonds. The largest absolute Gasteiger partial charge is 0.495 e. The van der Waals surface area contributed by atoms with Crippen LogP contribution in [0.2, 0.25) is 0 Å². The predicted molar refractivity (Wildman–Crippen MR) is 159 cm³/mol. The maximum absolute atomic E-state index is 14.7. The molecule has 3 aromatic rings. The Bertz CT molecular complexity index is 1510. The Hall–Kier alpha value is -3.29. The van der Waals surface area contributed by atoms with E-state index in [-0.39, 0.29) is 6.04 Å². The molecule has 1 saturated heterocycles. The number of rotatable bonds is 7. The minimum absolute atomic E-state index is 0.263. The van der Waals surface area contributed by atoms with Crippen LogP contribution < -0.4 is 20.7 Å². The van der Waals surface area contributed by atoms with Crippen molar-refractivity contribution in [2.24, 2.45) is 0 Å². The molecule has 4 rings (SSSR count). The van der Waals surface area contributed by atoms with Crippen molar-refractivity contribution in [3.8, 4) is 17.6 Å². The minimum Gasteiger partial charge on any atom is -0.495 e. The lowest BCUT2D eigenvalue weighted by molar-refractivity contribution is 0.149. The predicted octanol–water partition coefficient (Wildman–Crippen LogP) is 5.97. The highest BCUT2D eigenvalue weighted by Gasteiger charge is 2.28. The van der Waals surface area contributed by atoms with Crippen molar-refractivity contribution >= 4 is 50.9 Å². The summed E-state index contributed by atoms with van der Waals surface area (Å²) in [6.07, 6.45) is -0.239. The number of methoxy groups -OCH3 is 1. The first-order valence-electron chi connectivity index (χ1n) is 12.3. The summed E-state index contributed by atoms with van der Waals surface area (Å²) in [5, 5.41) is 8.32. The molecule has 2 N–H and O–H groups in total. The summed E-state index contributed by atoms with van der Waals surface area (Å²) in [4.78, 5) is 6.34. The van der Waals surface area contributed by atoms with Gasteiger partial charge in [0.25, 0.3) is 0 Å². The number of fused-ring (bicyclic) bond motifs is 1. The molecule has 0 bridgehead atoms. The third-order valence-corrected chi connectivity index (χ3v) is 9.28. The Morgan fingerprint density at radius 3 is 2.82 bits per heavy atom. The van der Waals surface area contributed by atoms with E-state index in [2.05, 4.69) is 33.9 Å². The number of anilines is 2. The lowest BCUT2D eigenvalue weighted by Gasteiger charge is -2.33. The van der Waals surface area contributed by atoms with Gasteiger partial charge in [0, 0.05) is 24.0 Å². The second-order valence-electron chi connectivity index (χ2n) is 9.76. The first-order valence-corrected chi connectivity index (χ1v) is 15.7. The van der Waals surface area contributed by atoms with Crippen LogP contribution in [0.15, 0.2) is 43.0 Å². The Labute approximate surface area is 228 Å². The number of thiophene rings is 1. The Morgan fingerprint density at radius 2 is 2.13 bits per heavy atom. The number of piperidine rings is 1. The molecular weight excluding hydrogens is 518 g/mol. The molecule has 198 valence electrons. The molecule has 0 aliphatic carbocycles. The van der Waals surface area contributed by atoms with E-state index in [1.54, 1.807) is 26.5 Å². The molecule has 2 heterocycles. The van der Waals surface area contributed by atoms with Gasteiger partial charge in [-0.2, -0.15) is 0 Å². The second-order valence-corrected chi connectivity index (χ2v) is 14.0. The molecule has 0 spiro atoms. The second kappa shape index (κ2) is 11.6. The van der Waals surface area contributed by atoms with Crippen molar-refractivity contribution in [1.82, 2.24) is 4.90 Å². The van der Waals surface area contributed by atoms with Gasteiger partial charge < -0.3 is 24.8 Å². The maximum Gasteiger partial charge on any atom is 0.190 e. The number of benzene rings is 2. The van der Waals surface area contributed by atoms with Gasteiger partial charge in [-0.05, 0) is 56.4 Å². The standard InChI is InChI=1S/C29H32FN4O2PS/c1-19(31-2)28-21-9-7-10-25(33-23-14-16-34(3)18-22(23)30)29(21)38-27(28)11-8-15-32-24-13-12-20(37(5,6)35)17-26(24)36-4/h7,9-10,12-13,17,22-23,32-33H,1,14-16,18H2,3-6H3/t22-,23?/m1/s1. The van der Waals surface area contributed by atoms with Crippen LogP contribution in [0.4, 0.5) is 15.8 Å². The summed E-state index contributed by atoms with van der Waals surface area (Å²) in [5.74, 6) is 6.97. The van der Waals surface area contributed by atoms with Crippen molar-refractivity contribution in [3.63, 3.8) is 0 Å². The average molecular weight is 551 g/mol. The van der Waals surface area contributed by atoms with Crippen LogP contribution in [0, 0.1) is 18.4 Å². The molecule has 1 aliphatic heterocycles. The number of ether oxygens (including phenoxy) is 1. The van der Waals surface area contributed by atoms with Crippen molar-refractivity contribution < 1.29 is 13.7 Å². The zero-order valence-electron chi connectivity index (χ0n) is 22.1. The summed E-state index contributed by atoms with van der Waals surface area (Å²) in [5.41, 5.74) is 2.66. The molecule has 2 aromatic carbocycles. The quantitative estimate of drug-likeness (QED) is 0.216. The fourth-order valence-corrected chi connectivity index (χ4v) is 6.54. The fourth-order valence-electron chi connectivity index (χ4n) is 4.51. The topological polar surface area (TPSA) is 58.0 Å². The van der Waals surface area contributed by atoms with Crippen LogP contribution in [0.25, 0.3) is 20.6 Å². The lowest BCUT2D eigenvalue weighted by Crippen LogP contribution is -2.46. The fraction of sp³-hybridized carbons (Fsp3) is 0.345. The molecule has 6 nitrogen and oxygen atoms in total. The van der Waals surface area contributed by atoms with Crippen LogP contribution >= 0.6 is 18.5 Å². The third kappa shape index (κ3) is 6.05. The maximum atomic E-state index is 14.7. The van der Waals surface area contributed by atoms with Gasteiger partial charge in [0.05, 0.1) is 47.2 Å². The SMILES string of the molecule is [C-]#[N+]C(=C)c1c(C#CCNc2ccc(P(C)(C)=O)cc2OC)sc2c(NC3CCN(C)C[C@H]3F)cccc12. The van der Waals surface area contributed by atoms with Crippen molar-refractivity contribution in [1.29, 1.82) is 0 Å². The van der Waals surface area contributed by atoms with E-state index in [9.17, 15) is 8.96 Å². The number of alkyl halides is 1. The monoisotopic (exact) mass is 550 g/mol. The number of hydrogen-bond donors (Lipinski definition) is 2. The smallest absolute Gasteiger partial charge is 0.190 e. The highest BCUT2D eigenvalue weighted by Crippen LogP contribution is 2.40. The van der Waals surface area contributed by atoms with Crippen molar-refractivity contribution in [2.45, 2.75) is 18.6 Å². The van der Waals surface area contributed by atoms with E-state index in [1.807, 2.05) is 42.3 Å². The number of hydrogen-bond acceptors (Lipinski definition) is 6. The number of halogens is 1. The van der Waals surface area contributed by atoms with E-state index in [1.165, 1.54) is 11.3 Å². The molecule has 1 fully saturated rings. The summed E-state index contributed by atoms with van der Waals surface area (Å²) >= 11 is 1.49. The Kier molecular flexibility index (Phi) is 8.48. The molecule has 2 atom stereocenters. The van der Waals surface area contributed by atoms with Crippen LogP contribution in [0.3, 0.4) is 0 Å². The molecule has 1 unspecified atom stereocenters. The van der Waals surface area contributed by atoms with E-state index in [0.29, 0.717) is 24.5 Å². The van der Waals surface area contributed by atoms with Crippen molar-refractivity contribution in [3.05, 3.63) is 64.8 Å². The molecule has 1 aliphatic rings. The summed E-state index contributed by atoms with van der Waals surface area (Å²) in [6.45, 7) is 16.6. The van der Waals surface area contributed by atoms with Gasteiger partial charge in [-0.1, -0.05) is 30.6 Å². The number of likely N-dealkylation sites (tertiary alicyclic amines) is 1. The number of nitrogens with one attached hydrogen (secondary N) is 2. The van der Waals surface area contributed by atoms with Gasteiger partial charge in [-0.15, -0.1) is 11.3 Å². The average Bonchev–Trinajstić information content (AvgIpc) is 3.26. The summed E-state index contributed by atoms with van der Waals surface area (Å²) in [7, 11) is 1.11. The highest BCUT2D eigenvalue weighted by atomic mass is 32.1. The van der Waals surface area contributed by atoms with Gasteiger partial charge in [-0.3, -0.25) is 0 Å². The number of nitrogens with zero attached hydrogens (tertiary/aromatic N) is 2. The summed E-state index contributed by atoms with van der Waals surface area (Å²) < 4.78 is 33.6. The first kappa shape index (κ1) is 27.7. The van der Waals surface area contributed by atoms with E-state index >= 15 is 0 Å². The van der Waals surface area contributed by atoms with Crippen LogP contribution in [-0.2, 0) is 4.57 Å². The van der Waals surface area contributed by atoms with E-state index < -0.39 is 13.3 Å². The molecule has 9 heteroatoms. The van der Waals surface area contributed by atoms with Gasteiger partial charge >= 0.3 is 0 Å². The highest BCUT2D eigenvalue weighted by molar-refractivity contribution is 7.70. The minimum atomic E-state index is -2.40. The van der Waals surface area contributed by atoms with Crippen LogP contribution in [0.1, 0.15) is 16.9 Å². The summed E-state index contributed by atoms with van der Waals surface area (Å²) in [6, 6.07) is 11.0. The molecule has 1 aromatic heterocycles. The normalized spacial score (nSPS) is 17.8. The Balaban J connectivity index is 1.60. The molecule has 38 heavy (non-hydrogen) atoms. The van der Waals surface area contributed by atoms with E-state index in [4.69, 9.17) is 11.3 Å². The van der Waals surface area contributed by atoms with Gasteiger partial charge in [-0.25, -0.2) is 9.24 Å². The van der Waals surface area contributed by atoms with E-state index in [0.717, 1.165) is 50.2 Å². The van der Waals surface area contributed by atoms with Gasteiger partial charge in [0.2, 0.25) is 0 Å². The van der Waals surface area contributed by atoms with Crippen molar-refractivity contribution in [2.75, 3.05) is 57.8 Å². The zero-order chi connectivity index (χ0) is 27.4. The lowest BCUT2D eigenvalue weighted by atomic mass is 10.0. The molecule has 0 radical (unpaired) electrons. The van der Waals surface area contributed by atoms with Crippen LogP contribution in [0.5, 0.6) is 5.75 Å². The Morgan fingerprint density at radius 1 is 1.34 bits per heavy atom. The van der Waals surface area contributed by atoms with Crippen LogP contribution in [-0.4, -0.2) is 64.2 Å².